The predicted octanol–water partition coefficient (Wildman–Crippen LogP) is 6.20. The zero-order chi connectivity index (χ0) is 28.6. The van der Waals surface area contributed by atoms with Gasteiger partial charge in [0.15, 0.2) is 5.83 Å². The number of pyridine rings is 2. The van der Waals surface area contributed by atoms with Crippen molar-refractivity contribution in [3.05, 3.63) is 105 Å². The molecule has 0 N–H and O–H groups in total. The van der Waals surface area contributed by atoms with Crippen LogP contribution in [0.25, 0.3) is 49.8 Å². The number of fused-ring (bicyclic) bond motifs is 2. The van der Waals surface area contributed by atoms with Crippen molar-refractivity contribution < 1.29 is 8.78 Å². The molecule has 2 aliphatic carbocycles. The van der Waals surface area contributed by atoms with E-state index in [1.807, 2.05) is 0 Å². The minimum Gasteiger partial charge on any atom is -0.256 e. The van der Waals surface area contributed by atoms with Crippen LogP contribution in [0, 0.1) is 63.2 Å². The van der Waals surface area contributed by atoms with Gasteiger partial charge < -0.3 is 0 Å². The molecule has 1 aromatic carbocycles. The predicted molar refractivity (Wildman–Crippen MR) is 137 cm³/mol. The van der Waals surface area contributed by atoms with Crippen LogP contribution in [0.1, 0.15) is 22.3 Å². The Kier molecular flexibility index (Phi) is 6.00. The molecule has 40 heavy (non-hydrogen) atoms. The monoisotopic (exact) mass is 518 g/mol. The van der Waals surface area contributed by atoms with Gasteiger partial charge in [-0.2, -0.15) is 26.3 Å². The van der Waals surface area contributed by atoms with Crippen molar-refractivity contribution in [1.82, 2.24) is 9.97 Å². The van der Waals surface area contributed by atoms with Gasteiger partial charge in [-0.1, -0.05) is 12.1 Å². The molecule has 0 amide bonds. The van der Waals surface area contributed by atoms with Crippen molar-refractivity contribution in [3.8, 4) is 52.9 Å². The van der Waals surface area contributed by atoms with Crippen LogP contribution in [0.5, 0.6) is 0 Å². The molecule has 0 atom stereocenters. The molecule has 2 aliphatic rings. The maximum atomic E-state index is 16.1. The fourth-order valence-electron chi connectivity index (χ4n) is 4.91. The van der Waals surface area contributed by atoms with Crippen LogP contribution < -0.4 is 0 Å². The average molecular weight is 518 g/mol. The van der Waals surface area contributed by atoms with Gasteiger partial charge in [0.25, 0.3) is 0 Å². The molecule has 2 aromatic heterocycles. The molecule has 0 bridgehead atoms. The van der Waals surface area contributed by atoms with Crippen LogP contribution in [0.2, 0.25) is 0 Å². The maximum absolute atomic E-state index is 16.1. The Hall–Kier alpha value is -6.72. The second-order valence-electron chi connectivity index (χ2n) is 8.20. The van der Waals surface area contributed by atoms with Crippen molar-refractivity contribution >= 4 is 22.4 Å². The summed E-state index contributed by atoms with van der Waals surface area (Å²) >= 11 is 0. The molecule has 5 rings (SSSR count). The molecule has 0 fully saturated rings. The zero-order valence-electron chi connectivity index (χ0n) is 20.0. The lowest BCUT2D eigenvalue weighted by molar-refractivity contribution is 0.681. The first-order valence-electron chi connectivity index (χ1n) is 11.2. The third-order valence-corrected chi connectivity index (χ3v) is 6.37. The first-order valence-corrected chi connectivity index (χ1v) is 11.2. The third kappa shape index (κ3) is 3.30. The van der Waals surface area contributed by atoms with E-state index in [0.717, 1.165) is 0 Å². The van der Waals surface area contributed by atoms with E-state index in [1.165, 1.54) is 24.5 Å². The number of aromatic nitrogens is 2. The number of rotatable bonds is 2. The lowest BCUT2D eigenvalue weighted by Gasteiger charge is -2.21. The van der Waals surface area contributed by atoms with Crippen molar-refractivity contribution in [1.29, 1.82) is 26.3 Å². The zero-order valence-corrected chi connectivity index (χ0v) is 20.0. The van der Waals surface area contributed by atoms with E-state index < -0.39 is 45.2 Å². The summed E-state index contributed by atoms with van der Waals surface area (Å²) in [5.74, 6) is -2.34. The summed E-state index contributed by atoms with van der Waals surface area (Å²) in [7, 11) is 0. The lowest BCUT2D eigenvalue weighted by atomic mass is 9.80. The van der Waals surface area contributed by atoms with Crippen molar-refractivity contribution in [3.63, 3.8) is 0 Å². The van der Waals surface area contributed by atoms with Gasteiger partial charge in [-0.3, -0.25) is 9.97 Å². The number of nitrogens with zero attached hydrogens (tertiary/aromatic N) is 8. The molecule has 182 valence electrons. The molecular formula is C30H8F2N8. The quantitative estimate of drug-likeness (QED) is 0.289. The Labute approximate surface area is 225 Å². The van der Waals surface area contributed by atoms with Gasteiger partial charge >= 0.3 is 0 Å². The van der Waals surface area contributed by atoms with Gasteiger partial charge in [0.2, 0.25) is 5.70 Å². The molecule has 2 heterocycles. The van der Waals surface area contributed by atoms with E-state index in [4.69, 9.17) is 6.57 Å². The summed E-state index contributed by atoms with van der Waals surface area (Å²) in [6.45, 7) is 7.80. The molecule has 0 aliphatic heterocycles. The normalized spacial score (nSPS) is 12.8. The summed E-state index contributed by atoms with van der Waals surface area (Å²) in [6.07, 6.45) is 2.78. The Morgan fingerprint density at radius 1 is 0.650 bits per heavy atom. The fraction of sp³-hybridized carbons (Fsp3) is 0. The minimum atomic E-state index is -1.17. The number of benzene rings is 1. The molecule has 0 unspecified atom stereocenters. The van der Waals surface area contributed by atoms with E-state index in [-0.39, 0.29) is 44.8 Å². The minimum absolute atomic E-state index is 0.0337. The van der Waals surface area contributed by atoms with E-state index in [9.17, 15) is 26.3 Å². The number of hydrogen-bond acceptors (Lipinski definition) is 7. The third-order valence-electron chi connectivity index (χ3n) is 6.37. The van der Waals surface area contributed by atoms with Gasteiger partial charge in [-0.25, -0.2) is 13.6 Å². The largest absolute Gasteiger partial charge is 0.256 e. The lowest BCUT2D eigenvalue weighted by Crippen LogP contribution is -2.05. The average Bonchev–Trinajstić information content (AvgIpc) is 3.44. The fourth-order valence-corrected chi connectivity index (χ4v) is 4.91. The van der Waals surface area contributed by atoms with Crippen molar-refractivity contribution in [2.24, 2.45) is 0 Å². The van der Waals surface area contributed by atoms with Gasteiger partial charge in [-0.15, -0.1) is 0 Å². The van der Waals surface area contributed by atoms with E-state index >= 15 is 8.78 Å². The van der Waals surface area contributed by atoms with Gasteiger partial charge in [0.05, 0.1) is 23.5 Å². The van der Waals surface area contributed by atoms with Crippen LogP contribution in [0.3, 0.4) is 0 Å². The summed E-state index contributed by atoms with van der Waals surface area (Å²) in [4.78, 5) is 12.0. The first-order chi connectivity index (χ1) is 19.5. The Balaban J connectivity index is 2.23. The second kappa shape index (κ2) is 9.63. The van der Waals surface area contributed by atoms with E-state index in [0.29, 0.717) is 0 Å². The maximum Gasteiger partial charge on any atom is 0.231 e. The highest BCUT2D eigenvalue weighted by atomic mass is 19.1. The number of nitriles is 5. The van der Waals surface area contributed by atoms with Crippen LogP contribution in [0.4, 0.5) is 8.78 Å². The summed E-state index contributed by atoms with van der Waals surface area (Å²) in [5.41, 5.74) is -3.93. The molecule has 0 radical (unpaired) electrons. The summed E-state index contributed by atoms with van der Waals surface area (Å²) < 4.78 is 32.2. The number of halogens is 2. The van der Waals surface area contributed by atoms with Gasteiger partial charge in [0.1, 0.15) is 47.3 Å². The second-order valence-corrected chi connectivity index (χ2v) is 8.20. The van der Waals surface area contributed by atoms with Gasteiger partial charge in [0, 0.05) is 51.4 Å². The molecule has 8 nitrogen and oxygen atoms in total. The Bertz CT molecular complexity index is 1920. The number of allylic oxidation sites excluding steroid dienone is 7. The molecule has 0 spiro atoms. The smallest absolute Gasteiger partial charge is 0.231 e. The SMILES string of the molecule is [C-]#[N+]C1=C(F)C(=C(C#N)C#N)c2c1c(-c1ccccn1)c1c(c2-c2ccccn2)C(=C(C#N)C#N)C(F)=C1C#N. The van der Waals surface area contributed by atoms with Crippen LogP contribution in [-0.2, 0) is 0 Å². The highest BCUT2D eigenvalue weighted by Gasteiger charge is 2.44. The molecular weight excluding hydrogens is 510 g/mol. The van der Waals surface area contributed by atoms with Crippen LogP contribution in [0.15, 0.2) is 71.6 Å². The summed E-state index contributed by atoms with van der Waals surface area (Å²) in [6, 6.07) is 17.7. The van der Waals surface area contributed by atoms with Crippen molar-refractivity contribution in [2.45, 2.75) is 0 Å². The van der Waals surface area contributed by atoms with Crippen molar-refractivity contribution in [2.75, 3.05) is 0 Å². The van der Waals surface area contributed by atoms with Crippen LogP contribution >= 0.6 is 0 Å². The molecule has 10 heteroatoms. The van der Waals surface area contributed by atoms with Crippen LogP contribution in [-0.4, -0.2) is 9.97 Å². The molecule has 0 saturated carbocycles. The first kappa shape index (κ1) is 25.0. The highest BCUT2D eigenvalue weighted by Crippen LogP contribution is 2.59. The standard InChI is InChI=1S/C30H8F2N8/c1-38-30-27-23(18-6-2-4-8-39-18)22-17(14-37)28(31)20(15(10-33)11-34)25(22)24(19-7-3-5-9-40-19)26(27)21(29(30)32)16(12-35)13-36/h2-9H. The Morgan fingerprint density at radius 3 is 1.55 bits per heavy atom. The molecule has 0 saturated heterocycles. The van der Waals surface area contributed by atoms with E-state index in [1.54, 1.807) is 54.6 Å². The topological polar surface area (TPSA) is 149 Å². The van der Waals surface area contributed by atoms with E-state index in [2.05, 4.69) is 14.8 Å². The Morgan fingerprint density at radius 2 is 1.12 bits per heavy atom. The summed E-state index contributed by atoms with van der Waals surface area (Å²) in [5, 5.41) is 49.0. The van der Waals surface area contributed by atoms with Gasteiger partial charge in [-0.05, 0) is 29.8 Å². The molecule has 3 aromatic rings. The number of hydrogen-bond donors (Lipinski definition) is 0. The highest BCUT2D eigenvalue weighted by molar-refractivity contribution is 6.19.